The van der Waals surface area contributed by atoms with Gasteiger partial charge in [0, 0.05) is 5.56 Å². The highest BCUT2D eigenvalue weighted by molar-refractivity contribution is 7.89. The quantitative estimate of drug-likeness (QED) is 0.534. The van der Waals surface area contributed by atoms with E-state index < -0.39 is 38.9 Å². The number of aryl methyl sites for hydroxylation is 1. The van der Waals surface area contributed by atoms with Gasteiger partial charge in [-0.15, -0.1) is 0 Å². The number of hydrogen-bond acceptors (Lipinski definition) is 7. The zero-order valence-electron chi connectivity index (χ0n) is 16.7. The van der Waals surface area contributed by atoms with Crippen LogP contribution in [0.5, 0.6) is 5.75 Å². The Hall–Kier alpha value is -3.63. The lowest BCUT2D eigenvalue weighted by atomic mass is 10.1. The van der Waals surface area contributed by atoms with E-state index >= 15 is 0 Å². The van der Waals surface area contributed by atoms with Crippen molar-refractivity contribution in [2.75, 3.05) is 12.4 Å². The Morgan fingerprint density at radius 2 is 1.77 bits per heavy atom. The van der Waals surface area contributed by atoms with Gasteiger partial charge in [0.15, 0.2) is 0 Å². The SMILES string of the molecule is COc1ccc(C)cc1NC(=O)C(OC(=O)c1ccc(S(N)(=O)=O)o1)c1ccccc1. The molecule has 162 valence electrons. The number of nitrogens with two attached hydrogens (primary N) is 1. The average Bonchev–Trinajstić information content (AvgIpc) is 3.23. The molecule has 3 aromatic rings. The molecular formula is C21H20N2O7S. The van der Waals surface area contributed by atoms with Gasteiger partial charge in [-0.25, -0.2) is 18.4 Å². The summed E-state index contributed by atoms with van der Waals surface area (Å²) in [7, 11) is -2.67. The minimum atomic E-state index is -4.13. The van der Waals surface area contributed by atoms with Gasteiger partial charge >= 0.3 is 5.97 Å². The molecule has 3 rings (SSSR count). The van der Waals surface area contributed by atoms with Crippen molar-refractivity contribution in [1.82, 2.24) is 0 Å². The lowest BCUT2D eigenvalue weighted by Gasteiger charge is -2.18. The minimum Gasteiger partial charge on any atom is -0.495 e. The van der Waals surface area contributed by atoms with Crippen LogP contribution in [0.1, 0.15) is 27.8 Å². The van der Waals surface area contributed by atoms with E-state index in [4.69, 9.17) is 19.0 Å². The molecule has 9 nitrogen and oxygen atoms in total. The van der Waals surface area contributed by atoms with Crippen LogP contribution in [0, 0.1) is 6.92 Å². The average molecular weight is 444 g/mol. The maximum absolute atomic E-state index is 13.0. The van der Waals surface area contributed by atoms with Crippen molar-refractivity contribution >= 4 is 27.6 Å². The largest absolute Gasteiger partial charge is 0.495 e. The third-order valence-corrected chi connectivity index (χ3v) is 5.02. The fourth-order valence-electron chi connectivity index (χ4n) is 2.77. The van der Waals surface area contributed by atoms with Crippen LogP contribution in [0.4, 0.5) is 5.69 Å². The number of methoxy groups -OCH3 is 1. The molecule has 10 heteroatoms. The zero-order valence-corrected chi connectivity index (χ0v) is 17.5. The van der Waals surface area contributed by atoms with Crippen molar-refractivity contribution < 1.29 is 31.9 Å². The number of furan rings is 1. The first kappa shape index (κ1) is 22.1. The topological polar surface area (TPSA) is 138 Å². The molecule has 0 bridgehead atoms. The van der Waals surface area contributed by atoms with Crippen LogP contribution in [-0.2, 0) is 19.6 Å². The molecule has 0 saturated heterocycles. The van der Waals surface area contributed by atoms with Gasteiger partial charge in [-0.3, -0.25) is 4.79 Å². The predicted octanol–water partition coefficient (Wildman–Crippen LogP) is 2.78. The van der Waals surface area contributed by atoms with E-state index in [9.17, 15) is 18.0 Å². The van der Waals surface area contributed by atoms with Gasteiger partial charge in [0.2, 0.25) is 17.0 Å². The van der Waals surface area contributed by atoms with E-state index in [2.05, 4.69) is 5.32 Å². The second-order valence-corrected chi connectivity index (χ2v) is 8.05. The highest BCUT2D eigenvalue weighted by Gasteiger charge is 2.28. The first-order valence-electron chi connectivity index (χ1n) is 9.03. The standard InChI is InChI=1S/C21H20N2O7S/c1-13-8-9-16(28-2)15(12-13)23-20(24)19(14-6-4-3-5-7-14)30-21(25)17-10-11-18(29-17)31(22,26)27/h3-12,19H,1-2H3,(H,23,24)(H2,22,26,27). The molecule has 31 heavy (non-hydrogen) atoms. The summed E-state index contributed by atoms with van der Waals surface area (Å²) in [5.74, 6) is -1.65. The minimum absolute atomic E-state index is 0.401. The molecule has 2 aromatic carbocycles. The zero-order chi connectivity index (χ0) is 22.6. The number of anilines is 1. The number of nitrogens with one attached hydrogen (secondary N) is 1. The summed E-state index contributed by atoms with van der Waals surface area (Å²) in [4.78, 5) is 25.6. The number of carbonyl (C=O) groups excluding carboxylic acids is 2. The molecule has 0 saturated carbocycles. The Morgan fingerprint density at radius 3 is 2.39 bits per heavy atom. The molecule has 0 aliphatic carbocycles. The monoisotopic (exact) mass is 444 g/mol. The molecule has 1 heterocycles. The van der Waals surface area contributed by atoms with E-state index in [-0.39, 0.29) is 0 Å². The normalized spacial score (nSPS) is 12.1. The summed E-state index contributed by atoms with van der Waals surface area (Å²) in [5.41, 5.74) is 1.69. The predicted molar refractivity (Wildman–Crippen MR) is 111 cm³/mol. The van der Waals surface area contributed by atoms with Gasteiger partial charge in [-0.1, -0.05) is 36.4 Å². The fraction of sp³-hybridized carbons (Fsp3) is 0.143. The number of primary sulfonamides is 1. The molecule has 0 fully saturated rings. The summed E-state index contributed by atoms with van der Waals surface area (Å²) in [5, 5.41) is 7.09. The van der Waals surface area contributed by atoms with Crippen LogP contribution < -0.4 is 15.2 Å². The number of rotatable bonds is 7. The number of esters is 1. The van der Waals surface area contributed by atoms with Gasteiger partial charge in [-0.2, -0.15) is 0 Å². The van der Waals surface area contributed by atoms with Crippen molar-refractivity contribution in [2.24, 2.45) is 5.14 Å². The van der Waals surface area contributed by atoms with Crippen LogP contribution in [0.3, 0.4) is 0 Å². The highest BCUT2D eigenvalue weighted by Crippen LogP contribution is 2.28. The molecule has 0 radical (unpaired) electrons. The summed E-state index contributed by atoms with van der Waals surface area (Å²) in [6.07, 6.45) is -1.35. The van der Waals surface area contributed by atoms with E-state index in [1.54, 1.807) is 42.5 Å². The van der Waals surface area contributed by atoms with Crippen LogP contribution >= 0.6 is 0 Å². The van der Waals surface area contributed by atoms with Crippen molar-refractivity contribution in [1.29, 1.82) is 0 Å². The number of carbonyl (C=O) groups is 2. The van der Waals surface area contributed by atoms with E-state index in [1.807, 2.05) is 13.0 Å². The summed E-state index contributed by atoms with van der Waals surface area (Å²) >= 11 is 0. The van der Waals surface area contributed by atoms with Gasteiger partial charge in [0.05, 0.1) is 12.8 Å². The Morgan fingerprint density at radius 1 is 1.06 bits per heavy atom. The molecule has 0 spiro atoms. The number of benzene rings is 2. The number of ether oxygens (including phenoxy) is 2. The fourth-order valence-corrected chi connectivity index (χ4v) is 3.23. The molecule has 0 aliphatic heterocycles. The molecule has 0 aliphatic rings. The van der Waals surface area contributed by atoms with Gasteiger partial charge in [-0.05, 0) is 36.8 Å². The van der Waals surface area contributed by atoms with Crippen LogP contribution in [-0.4, -0.2) is 27.4 Å². The van der Waals surface area contributed by atoms with Crippen molar-refractivity contribution in [3.8, 4) is 5.75 Å². The first-order chi connectivity index (χ1) is 14.7. The Bertz CT molecular complexity index is 1200. The van der Waals surface area contributed by atoms with Gasteiger partial charge in [0.1, 0.15) is 5.75 Å². The number of hydrogen-bond donors (Lipinski definition) is 2. The third kappa shape index (κ3) is 5.30. The summed E-state index contributed by atoms with van der Waals surface area (Å²) < 4.78 is 38.3. The lowest BCUT2D eigenvalue weighted by molar-refractivity contribution is -0.125. The second-order valence-electron chi connectivity index (χ2n) is 6.55. The molecule has 1 aromatic heterocycles. The van der Waals surface area contributed by atoms with Crippen LogP contribution in [0.2, 0.25) is 0 Å². The Balaban J connectivity index is 1.89. The lowest BCUT2D eigenvalue weighted by Crippen LogP contribution is -2.26. The molecule has 3 N–H and O–H groups in total. The van der Waals surface area contributed by atoms with Gasteiger partial charge < -0.3 is 19.2 Å². The highest BCUT2D eigenvalue weighted by atomic mass is 32.2. The van der Waals surface area contributed by atoms with E-state index in [0.29, 0.717) is 17.0 Å². The van der Waals surface area contributed by atoms with E-state index in [1.165, 1.54) is 7.11 Å². The van der Waals surface area contributed by atoms with Gasteiger partial charge in [0.25, 0.3) is 15.9 Å². The summed E-state index contributed by atoms with van der Waals surface area (Å²) in [6, 6.07) is 15.7. The second kappa shape index (κ2) is 9.02. The number of sulfonamides is 1. The Labute approximate surface area is 178 Å². The van der Waals surface area contributed by atoms with Crippen molar-refractivity contribution in [2.45, 2.75) is 18.1 Å². The van der Waals surface area contributed by atoms with E-state index in [0.717, 1.165) is 17.7 Å². The summed E-state index contributed by atoms with van der Waals surface area (Å²) in [6.45, 7) is 1.85. The maximum atomic E-state index is 13.0. The Kier molecular flexibility index (Phi) is 6.42. The molecule has 1 atom stereocenters. The first-order valence-corrected chi connectivity index (χ1v) is 10.6. The smallest absolute Gasteiger partial charge is 0.375 e. The van der Waals surface area contributed by atoms with Crippen LogP contribution in [0.15, 0.2) is 70.2 Å². The maximum Gasteiger partial charge on any atom is 0.375 e. The molecule has 1 unspecified atom stereocenters. The third-order valence-electron chi connectivity index (χ3n) is 4.24. The molecule has 1 amide bonds. The molecular weight excluding hydrogens is 424 g/mol. The van der Waals surface area contributed by atoms with Crippen molar-refractivity contribution in [3.05, 3.63) is 77.6 Å². The van der Waals surface area contributed by atoms with Crippen LogP contribution in [0.25, 0.3) is 0 Å². The number of amides is 1. The van der Waals surface area contributed by atoms with Crippen molar-refractivity contribution in [3.63, 3.8) is 0 Å².